The number of nitrogens with zero attached hydrogens (tertiary/aromatic N) is 3. The number of aromatic nitrogens is 3. The van der Waals surface area contributed by atoms with Crippen molar-refractivity contribution < 1.29 is 0 Å². The third kappa shape index (κ3) is 2.05. The summed E-state index contributed by atoms with van der Waals surface area (Å²) in [6, 6.07) is 9.68. The van der Waals surface area contributed by atoms with Crippen molar-refractivity contribution in [3.8, 4) is 11.8 Å². The number of nitriles is 1. The molecule has 1 aromatic carbocycles. The Kier molecular flexibility index (Phi) is 3.16. The number of pyridine rings is 1. The summed E-state index contributed by atoms with van der Waals surface area (Å²) in [5, 5.41) is 9.30. The minimum atomic E-state index is 0.525. The topological polar surface area (TPSA) is 57.4 Å². The number of fused-ring (bicyclic) bond motifs is 1. The maximum absolute atomic E-state index is 9.30. The van der Waals surface area contributed by atoms with Gasteiger partial charge in [-0.05, 0) is 49.0 Å². The molecular weight excluding hydrogens is 336 g/mol. The van der Waals surface area contributed by atoms with E-state index in [2.05, 4.69) is 32.0 Å². The lowest BCUT2D eigenvalue weighted by molar-refractivity contribution is 1.04. The van der Waals surface area contributed by atoms with E-state index >= 15 is 0 Å². The monoisotopic (exact) mass is 344 g/mol. The Hall–Kier alpha value is -1.97. The van der Waals surface area contributed by atoms with Crippen LogP contribution in [0.3, 0.4) is 0 Å². The van der Waals surface area contributed by atoms with Crippen molar-refractivity contribution in [3.63, 3.8) is 0 Å². The zero-order valence-corrected chi connectivity index (χ0v) is 12.9. The molecule has 0 radical (unpaired) electrons. The van der Waals surface area contributed by atoms with Gasteiger partial charge in [0.15, 0.2) is 10.4 Å². The first kappa shape index (κ1) is 13.0. The Morgan fingerprint density at radius 1 is 1.40 bits per heavy atom. The van der Waals surface area contributed by atoms with Crippen molar-refractivity contribution in [1.82, 2.24) is 14.5 Å². The van der Waals surface area contributed by atoms with Gasteiger partial charge in [-0.3, -0.25) is 4.57 Å². The molecule has 0 spiro atoms. The molecule has 0 saturated carbocycles. The molecule has 3 rings (SSSR count). The third-order valence-corrected chi connectivity index (χ3v) is 3.76. The quantitative estimate of drug-likeness (QED) is 0.678. The van der Waals surface area contributed by atoms with Crippen LogP contribution in [0.15, 0.2) is 34.9 Å². The van der Waals surface area contributed by atoms with E-state index < -0.39 is 0 Å². The van der Waals surface area contributed by atoms with E-state index in [1.54, 1.807) is 16.8 Å². The minimum absolute atomic E-state index is 0.525. The number of H-pyrrole nitrogens is 1. The molecular formula is C14H9BrN4S. The number of rotatable bonds is 1. The van der Waals surface area contributed by atoms with Crippen LogP contribution >= 0.6 is 28.1 Å². The van der Waals surface area contributed by atoms with Crippen LogP contribution in [-0.4, -0.2) is 14.5 Å². The fourth-order valence-corrected chi connectivity index (χ4v) is 2.77. The number of hydrogen-bond acceptors (Lipinski definition) is 3. The van der Waals surface area contributed by atoms with Crippen LogP contribution in [0.5, 0.6) is 0 Å². The Bertz CT molecular complexity index is 917. The minimum Gasteiger partial charge on any atom is -0.329 e. The van der Waals surface area contributed by atoms with Crippen LogP contribution in [0.1, 0.15) is 11.1 Å². The molecule has 4 nitrogen and oxygen atoms in total. The number of hydrogen-bond donors (Lipinski definition) is 1. The van der Waals surface area contributed by atoms with Crippen LogP contribution in [-0.2, 0) is 0 Å². The molecule has 0 saturated heterocycles. The third-order valence-electron chi connectivity index (χ3n) is 2.98. The average Bonchev–Trinajstić information content (AvgIpc) is 2.73. The highest BCUT2D eigenvalue weighted by atomic mass is 79.9. The van der Waals surface area contributed by atoms with Gasteiger partial charge in [0, 0.05) is 10.7 Å². The van der Waals surface area contributed by atoms with Crippen molar-refractivity contribution >= 4 is 39.3 Å². The molecule has 6 heteroatoms. The molecule has 98 valence electrons. The highest BCUT2D eigenvalue weighted by Gasteiger charge is 2.12. The predicted octanol–water partition coefficient (Wildman–Crippen LogP) is 4.03. The number of nitrogens with one attached hydrogen (secondary N) is 1. The first-order chi connectivity index (χ1) is 9.60. The van der Waals surface area contributed by atoms with Gasteiger partial charge in [0.2, 0.25) is 0 Å². The summed E-state index contributed by atoms with van der Waals surface area (Å²) < 4.78 is 3.17. The van der Waals surface area contributed by atoms with E-state index in [0.29, 0.717) is 10.3 Å². The van der Waals surface area contributed by atoms with E-state index in [4.69, 9.17) is 12.2 Å². The zero-order valence-electron chi connectivity index (χ0n) is 10.5. The van der Waals surface area contributed by atoms with Gasteiger partial charge in [-0.15, -0.1) is 0 Å². The summed E-state index contributed by atoms with van der Waals surface area (Å²) in [6.07, 6.45) is 1.78. The van der Waals surface area contributed by atoms with Crippen LogP contribution in [0.4, 0.5) is 0 Å². The lowest BCUT2D eigenvalue weighted by Gasteiger charge is -2.06. The second-order valence-electron chi connectivity index (χ2n) is 4.42. The normalized spacial score (nSPS) is 10.7. The van der Waals surface area contributed by atoms with Gasteiger partial charge < -0.3 is 4.98 Å². The molecule has 2 aromatic heterocycles. The van der Waals surface area contributed by atoms with Gasteiger partial charge in [0.25, 0.3) is 0 Å². The first-order valence-corrected chi connectivity index (χ1v) is 7.07. The molecule has 3 aromatic rings. The molecule has 0 bridgehead atoms. The lowest BCUT2D eigenvalue weighted by Crippen LogP contribution is -1.99. The van der Waals surface area contributed by atoms with Crippen LogP contribution < -0.4 is 0 Å². The Labute approximate surface area is 128 Å². The smallest absolute Gasteiger partial charge is 0.184 e. The van der Waals surface area contributed by atoms with Crippen molar-refractivity contribution in [2.24, 2.45) is 0 Å². The van der Waals surface area contributed by atoms with Gasteiger partial charge >= 0.3 is 0 Å². The molecule has 0 atom stereocenters. The highest BCUT2D eigenvalue weighted by Crippen LogP contribution is 2.23. The van der Waals surface area contributed by atoms with Gasteiger partial charge in [-0.1, -0.05) is 15.9 Å². The van der Waals surface area contributed by atoms with Crippen molar-refractivity contribution in [2.45, 2.75) is 6.92 Å². The van der Waals surface area contributed by atoms with Gasteiger partial charge in [0.1, 0.15) is 6.07 Å². The molecule has 0 aliphatic rings. The van der Waals surface area contributed by atoms with Gasteiger partial charge in [-0.2, -0.15) is 5.26 Å². The van der Waals surface area contributed by atoms with Crippen molar-refractivity contribution in [3.05, 3.63) is 50.8 Å². The largest absolute Gasteiger partial charge is 0.329 e. The second-order valence-corrected chi connectivity index (χ2v) is 5.73. The van der Waals surface area contributed by atoms with Crippen molar-refractivity contribution in [1.29, 1.82) is 5.26 Å². The molecule has 1 N–H and O–H groups in total. The lowest BCUT2D eigenvalue weighted by atomic mass is 10.2. The summed E-state index contributed by atoms with van der Waals surface area (Å²) in [5.74, 6) is 0. The molecule has 20 heavy (non-hydrogen) atoms. The molecule has 0 fully saturated rings. The van der Waals surface area contributed by atoms with Gasteiger partial charge in [0.05, 0.1) is 16.8 Å². The number of aromatic amines is 1. The Balaban J connectivity index is 2.39. The number of imidazole rings is 1. The van der Waals surface area contributed by atoms with Crippen LogP contribution in [0.2, 0.25) is 0 Å². The van der Waals surface area contributed by atoms with E-state index in [1.165, 1.54) is 0 Å². The average molecular weight is 345 g/mol. The molecule has 0 aliphatic carbocycles. The molecule has 2 heterocycles. The summed E-state index contributed by atoms with van der Waals surface area (Å²) in [5.41, 5.74) is 3.90. The summed E-state index contributed by atoms with van der Waals surface area (Å²) in [6.45, 7) is 1.97. The van der Waals surface area contributed by atoms with E-state index in [1.807, 2.05) is 25.1 Å². The molecule has 0 amide bonds. The SMILES string of the molecule is Cc1cnc2c(c1)[nH]c(=S)n2-c1ccc(Br)cc1C#N. The second kappa shape index (κ2) is 4.85. The highest BCUT2D eigenvalue weighted by molar-refractivity contribution is 9.10. The number of benzene rings is 1. The maximum atomic E-state index is 9.30. The fraction of sp³-hybridized carbons (Fsp3) is 0.0714. The number of aryl methyl sites for hydroxylation is 1. The molecule has 0 aliphatic heterocycles. The summed E-state index contributed by atoms with van der Waals surface area (Å²) in [7, 11) is 0. The molecule has 0 unspecified atom stereocenters. The summed E-state index contributed by atoms with van der Waals surface area (Å²) >= 11 is 8.73. The maximum Gasteiger partial charge on any atom is 0.184 e. The van der Waals surface area contributed by atoms with Crippen LogP contribution in [0, 0.1) is 23.0 Å². The predicted molar refractivity (Wildman–Crippen MR) is 83.4 cm³/mol. The zero-order chi connectivity index (χ0) is 14.3. The summed E-state index contributed by atoms with van der Waals surface area (Å²) in [4.78, 5) is 7.55. The van der Waals surface area contributed by atoms with E-state index in [0.717, 1.165) is 26.9 Å². The van der Waals surface area contributed by atoms with E-state index in [-0.39, 0.29) is 0 Å². The van der Waals surface area contributed by atoms with Crippen LogP contribution in [0.25, 0.3) is 16.9 Å². The van der Waals surface area contributed by atoms with Gasteiger partial charge in [-0.25, -0.2) is 4.98 Å². The Morgan fingerprint density at radius 3 is 2.95 bits per heavy atom. The standard InChI is InChI=1S/C14H9BrN4S/c1-8-4-11-13(17-7-8)19(14(20)18-11)12-3-2-10(15)5-9(12)6-16/h2-5,7H,1H3,(H,18,20). The van der Waals surface area contributed by atoms with E-state index in [9.17, 15) is 5.26 Å². The fourth-order valence-electron chi connectivity index (χ4n) is 2.12. The number of halogens is 1. The first-order valence-electron chi connectivity index (χ1n) is 5.87. The van der Waals surface area contributed by atoms with Crippen molar-refractivity contribution in [2.75, 3.05) is 0 Å². The Morgan fingerprint density at radius 2 is 2.20 bits per heavy atom.